The third-order valence-corrected chi connectivity index (χ3v) is 12.5. The monoisotopic (exact) mass is 890 g/mol. The minimum Gasteiger partial charge on any atom is -0.394 e. The van der Waals surface area contributed by atoms with Crippen LogP contribution in [-0.4, -0.2) is 140 Å². The van der Waals surface area contributed by atoms with Crippen molar-refractivity contribution in [2.24, 2.45) is 0 Å². The molecule has 9 N–H and O–H groups in total. The molecule has 2 saturated heterocycles. The maximum absolute atomic E-state index is 13.1. The van der Waals surface area contributed by atoms with Crippen molar-refractivity contribution in [2.75, 3.05) is 19.8 Å². The van der Waals surface area contributed by atoms with E-state index in [-0.39, 0.29) is 18.9 Å². The molecule has 1 amide bonds. The molecule has 0 radical (unpaired) electrons. The van der Waals surface area contributed by atoms with E-state index in [0.29, 0.717) is 6.42 Å². The number of hydrogen-bond donors (Lipinski definition) is 9. The molecule has 0 saturated carbocycles. The van der Waals surface area contributed by atoms with Gasteiger partial charge in [0, 0.05) is 6.42 Å². The lowest BCUT2D eigenvalue weighted by molar-refractivity contribution is -0.359. The third kappa shape index (κ3) is 23.3. The van der Waals surface area contributed by atoms with Crippen LogP contribution in [0.25, 0.3) is 0 Å². The van der Waals surface area contributed by atoms with Crippen LogP contribution in [-0.2, 0) is 23.7 Å². The van der Waals surface area contributed by atoms with Crippen molar-refractivity contribution in [3.05, 3.63) is 12.2 Å². The van der Waals surface area contributed by atoms with Crippen LogP contribution in [0.2, 0.25) is 0 Å². The Kier molecular flexibility index (Phi) is 32.9. The summed E-state index contributed by atoms with van der Waals surface area (Å²) >= 11 is 0. The molecule has 14 nitrogen and oxygen atoms in total. The van der Waals surface area contributed by atoms with Gasteiger partial charge in [-0.25, -0.2) is 0 Å². The molecule has 0 aromatic carbocycles. The van der Waals surface area contributed by atoms with Gasteiger partial charge in [0.25, 0.3) is 0 Å². The molecular formula is C48H91NO13. The molecule has 62 heavy (non-hydrogen) atoms. The molecule has 0 aromatic heterocycles. The lowest BCUT2D eigenvalue weighted by atomic mass is 9.97. The number of unbranched alkanes of at least 4 members (excludes halogenated alkanes) is 25. The van der Waals surface area contributed by atoms with Crippen LogP contribution in [0.1, 0.15) is 194 Å². The lowest BCUT2D eigenvalue weighted by Crippen LogP contribution is -2.65. The van der Waals surface area contributed by atoms with E-state index in [1.54, 1.807) is 6.08 Å². The van der Waals surface area contributed by atoms with Crippen molar-refractivity contribution in [2.45, 2.75) is 267 Å². The summed E-state index contributed by atoms with van der Waals surface area (Å²) in [5.41, 5.74) is 0. The van der Waals surface area contributed by atoms with Crippen LogP contribution >= 0.6 is 0 Å². The van der Waals surface area contributed by atoms with Crippen LogP contribution in [0.3, 0.4) is 0 Å². The lowest BCUT2D eigenvalue weighted by Gasteiger charge is -2.46. The summed E-state index contributed by atoms with van der Waals surface area (Å²) in [6.45, 7) is 2.76. The number of carbonyl (C=O) groups excluding carboxylic acids is 1. The molecule has 2 heterocycles. The maximum Gasteiger partial charge on any atom is 0.220 e. The van der Waals surface area contributed by atoms with Gasteiger partial charge >= 0.3 is 0 Å². The largest absolute Gasteiger partial charge is 0.394 e. The highest BCUT2D eigenvalue weighted by Crippen LogP contribution is 2.30. The summed E-state index contributed by atoms with van der Waals surface area (Å²) in [4.78, 5) is 13.1. The molecule has 2 aliphatic rings. The number of rotatable bonds is 38. The number of amides is 1. The van der Waals surface area contributed by atoms with Gasteiger partial charge < -0.3 is 65.1 Å². The van der Waals surface area contributed by atoms with Crippen molar-refractivity contribution in [3.8, 4) is 0 Å². The summed E-state index contributed by atoms with van der Waals surface area (Å²) in [5, 5.41) is 86.5. The Hall–Kier alpha value is -1.27. The van der Waals surface area contributed by atoms with Crippen molar-refractivity contribution in [1.29, 1.82) is 0 Å². The average Bonchev–Trinajstić information content (AvgIpc) is 3.27. The number of carbonyl (C=O) groups is 1. The minimum atomic E-state index is -1.78. The normalized spacial score (nSPS) is 27.8. The fourth-order valence-corrected chi connectivity index (χ4v) is 8.35. The Morgan fingerprint density at radius 1 is 0.565 bits per heavy atom. The average molecular weight is 890 g/mol. The first-order chi connectivity index (χ1) is 30.1. The molecule has 0 aromatic rings. The fourth-order valence-electron chi connectivity index (χ4n) is 8.35. The zero-order chi connectivity index (χ0) is 45.4. The first kappa shape index (κ1) is 56.9. The number of hydrogen-bond acceptors (Lipinski definition) is 13. The molecule has 0 spiro atoms. The smallest absolute Gasteiger partial charge is 0.220 e. The summed E-state index contributed by atoms with van der Waals surface area (Å²) in [6.07, 6.45) is 19.8. The van der Waals surface area contributed by atoms with Gasteiger partial charge in [0.05, 0.1) is 32.0 Å². The van der Waals surface area contributed by atoms with Crippen LogP contribution in [0.4, 0.5) is 0 Å². The summed E-state index contributed by atoms with van der Waals surface area (Å²) in [5.74, 6) is -0.239. The van der Waals surface area contributed by atoms with E-state index >= 15 is 0 Å². The number of ether oxygens (including phenoxy) is 4. The maximum atomic E-state index is 13.1. The molecule has 12 unspecified atom stereocenters. The van der Waals surface area contributed by atoms with E-state index in [1.807, 2.05) is 6.08 Å². The molecule has 2 rings (SSSR count). The van der Waals surface area contributed by atoms with Gasteiger partial charge in [0.1, 0.15) is 48.8 Å². The zero-order valence-corrected chi connectivity index (χ0v) is 38.6. The second-order valence-corrected chi connectivity index (χ2v) is 18.0. The molecule has 0 aliphatic carbocycles. The van der Waals surface area contributed by atoms with E-state index < -0.39 is 86.8 Å². The molecular weight excluding hydrogens is 799 g/mol. The first-order valence-corrected chi connectivity index (χ1v) is 24.9. The van der Waals surface area contributed by atoms with Gasteiger partial charge in [0.15, 0.2) is 12.6 Å². The molecule has 2 fully saturated rings. The standard InChI is InChI=1S/C48H91NO13/c1-3-5-7-9-11-13-15-16-17-18-19-20-21-22-24-26-28-30-32-40(53)49-36(37(52)31-29-27-25-23-14-12-10-8-6-4-2)35-59-47-45(58)43(56)46(39(34-51)61-47)62-48-44(57)42(55)41(54)38(33-50)60-48/h29,31,36-39,41-48,50-52,54-58H,3-28,30,32-35H2,1-2H3,(H,49,53)/b31-29+. The number of aliphatic hydroxyl groups is 8. The molecule has 2 aliphatic heterocycles. The SMILES string of the molecule is CCCCCCCCCC/C=C/C(O)C(COC1OC(CO)C(OC2OC(CO)C(O)C(O)C2O)C(O)C1O)NC(=O)CCCCCCCCCCCCCCCCCCCC. The number of allylic oxidation sites excluding steroid dienone is 1. The van der Waals surface area contributed by atoms with Crippen molar-refractivity contribution in [3.63, 3.8) is 0 Å². The van der Waals surface area contributed by atoms with Crippen LogP contribution in [0.15, 0.2) is 12.2 Å². The molecule has 12 atom stereocenters. The third-order valence-electron chi connectivity index (χ3n) is 12.5. The van der Waals surface area contributed by atoms with E-state index in [9.17, 15) is 45.6 Å². The second-order valence-electron chi connectivity index (χ2n) is 18.0. The number of aliphatic hydroxyl groups excluding tert-OH is 8. The topological polar surface area (TPSA) is 228 Å². The van der Waals surface area contributed by atoms with Gasteiger partial charge in [-0.05, 0) is 19.3 Å². The van der Waals surface area contributed by atoms with Crippen LogP contribution < -0.4 is 5.32 Å². The predicted octanol–water partition coefficient (Wildman–Crippen LogP) is 5.99. The fraction of sp³-hybridized carbons (Fsp3) is 0.938. The van der Waals surface area contributed by atoms with Gasteiger partial charge in [-0.15, -0.1) is 0 Å². The van der Waals surface area contributed by atoms with Gasteiger partial charge in [-0.3, -0.25) is 4.79 Å². The van der Waals surface area contributed by atoms with E-state index in [0.717, 1.165) is 38.5 Å². The van der Waals surface area contributed by atoms with Crippen molar-refractivity contribution < 1.29 is 64.6 Å². The van der Waals surface area contributed by atoms with Crippen molar-refractivity contribution in [1.82, 2.24) is 5.32 Å². The van der Waals surface area contributed by atoms with Gasteiger partial charge in [-0.1, -0.05) is 180 Å². The van der Waals surface area contributed by atoms with E-state index in [1.165, 1.54) is 128 Å². The Morgan fingerprint density at radius 3 is 1.48 bits per heavy atom. The zero-order valence-electron chi connectivity index (χ0n) is 38.6. The highest BCUT2D eigenvalue weighted by Gasteiger charge is 2.51. The van der Waals surface area contributed by atoms with Gasteiger partial charge in [-0.2, -0.15) is 0 Å². The summed E-state index contributed by atoms with van der Waals surface area (Å²) in [7, 11) is 0. The first-order valence-electron chi connectivity index (χ1n) is 24.9. The Labute approximate surface area is 374 Å². The highest BCUT2D eigenvalue weighted by molar-refractivity contribution is 5.76. The minimum absolute atomic E-state index is 0.239. The van der Waals surface area contributed by atoms with Gasteiger partial charge in [0.2, 0.25) is 5.91 Å². The number of nitrogens with one attached hydrogen (secondary N) is 1. The molecule has 0 bridgehead atoms. The predicted molar refractivity (Wildman–Crippen MR) is 240 cm³/mol. The van der Waals surface area contributed by atoms with Crippen LogP contribution in [0, 0.1) is 0 Å². The molecule has 14 heteroatoms. The molecule has 366 valence electrons. The Bertz CT molecular complexity index is 1100. The highest BCUT2D eigenvalue weighted by atomic mass is 16.7. The van der Waals surface area contributed by atoms with Crippen LogP contribution in [0.5, 0.6) is 0 Å². The second kappa shape index (κ2) is 35.9. The quantitative estimate of drug-likeness (QED) is 0.0257. The van der Waals surface area contributed by atoms with Crippen molar-refractivity contribution >= 4 is 5.91 Å². The van der Waals surface area contributed by atoms with E-state index in [4.69, 9.17) is 18.9 Å². The Morgan fingerprint density at radius 2 is 1.00 bits per heavy atom. The Balaban J connectivity index is 1.82. The summed E-state index contributed by atoms with van der Waals surface area (Å²) in [6, 6.07) is -0.906. The van der Waals surface area contributed by atoms with E-state index in [2.05, 4.69) is 19.2 Å². The summed E-state index contributed by atoms with van der Waals surface area (Å²) < 4.78 is 22.6.